The number of H-pyrrole nitrogens is 1. The van der Waals surface area contributed by atoms with E-state index in [1.54, 1.807) is 6.92 Å². The van der Waals surface area contributed by atoms with Crippen molar-refractivity contribution in [2.24, 2.45) is 5.73 Å². The maximum absolute atomic E-state index is 11.9. The molecular weight excluding hydrogens is 274 g/mol. The fraction of sp³-hybridized carbons (Fsp3) is 0.444. The Kier molecular flexibility index (Phi) is 4.62. The summed E-state index contributed by atoms with van der Waals surface area (Å²) in [6.07, 6.45) is 0. The molecule has 1 rings (SSSR count). The molecule has 106 valence electrons. The summed E-state index contributed by atoms with van der Waals surface area (Å²) in [7, 11) is -3.83. The normalized spacial score (nSPS) is 11.3. The molecular formula is C9H15N5O4S. The topological polar surface area (TPSA) is 147 Å². The van der Waals surface area contributed by atoms with Gasteiger partial charge in [-0.25, -0.2) is 13.1 Å². The summed E-state index contributed by atoms with van der Waals surface area (Å²) in [5.74, 6) is -1.36. The van der Waals surface area contributed by atoms with Crippen molar-refractivity contribution in [3.05, 3.63) is 11.4 Å². The number of sulfonamides is 1. The van der Waals surface area contributed by atoms with Crippen LogP contribution in [0.1, 0.15) is 11.4 Å². The number of amides is 2. The summed E-state index contributed by atoms with van der Waals surface area (Å²) in [5.41, 5.74) is 5.52. The van der Waals surface area contributed by atoms with E-state index in [9.17, 15) is 18.0 Å². The molecule has 5 N–H and O–H groups in total. The highest BCUT2D eigenvalue weighted by molar-refractivity contribution is 7.89. The Morgan fingerprint density at radius 2 is 1.95 bits per heavy atom. The van der Waals surface area contributed by atoms with E-state index in [2.05, 4.69) is 20.2 Å². The first kappa shape index (κ1) is 15.1. The summed E-state index contributed by atoms with van der Waals surface area (Å²) >= 11 is 0. The van der Waals surface area contributed by atoms with Gasteiger partial charge in [0.05, 0.1) is 24.5 Å². The van der Waals surface area contributed by atoms with Gasteiger partial charge in [0.1, 0.15) is 4.90 Å². The Balaban J connectivity index is 2.67. The first-order valence-corrected chi connectivity index (χ1v) is 6.78. The number of nitrogens with two attached hydrogens (primary N) is 1. The van der Waals surface area contributed by atoms with Gasteiger partial charge in [0.2, 0.25) is 21.8 Å². The van der Waals surface area contributed by atoms with Gasteiger partial charge in [0.25, 0.3) is 0 Å². The van der Waals surface area contributed by atoms with E-state index in [1.807, 2.05) is 0 Å². The molecule has 0 aliphatic carbocycles. The molecule has 10 heteroatoms. The van der Waals surface area contributed by atoms with Crippen molar-refractivity contribution in [3.8, 4) is 0 Å². The van der Waals surface area contributed by atoms with Crippen LogP contribution >= 0.6 is 0 Å². The second kappa shape index (κ2) is 5.80. The second-order valence-corrected chi connectivity index (χ2v) is 5.53. The molecule has 0 radical (unpaired) electrons. The van der Waals surface area contributed by atoms with Crippen LogP contribution in [0.4, 0.5) is 0 Å². The zero-order chi connectivity index (χ0) is 14.6. The molecule has 9 nitrogen and oxygen atoms in total. The number of hydrogen-bond donors (Lipinski definition) is 4. The van der Waals surface area contributed by atoms with Gasteiger partial charge in [-0.2, -0.15) is 5.10 Å². The van der Waals surface area contributed by atoms with Crippen LogP contribution in [0, 0.1) is 13.8 Å². The third-order valence-electron chi connectivity index (χ3n) is 2.21. The van der Waals surface area contributed by atoms with Crippen LogP contribution in [0.3, 0.4) is 0 Å². The van der Waals surface area contributed by atoms with E-state index in [4.69, 9.17) is 5.73 Å². The molecule has 0 unspecified atom stereocenters. The number of rotatable bonds is 6. The number of aryl methyl sites for hydroxylation is 2. The van der Waals surface area contributed by atoms with Crippen LogP contribution in [0.25, 0.3) is 0 Å². The van der Waals surface area contributed by atoms with Crippen molar-refractivity contribution in [2.75, 3.05) is 13.1 Å². The van der Waals surface area contributed by atoms with E-state index >= 15 is 0 Å². The number of carbonyl (C=O) groups is 2. The maximum Gasteiger partial charge on any atom is 0.244 e. The van der Waals surface area contributed by atoms with Gasteiger partial charge in [0.15, 0.2) is 0 Å². The predicted octanol–water partition coefficient (Wildman–Crippen LogP) is -2.09. The van der Waals surface area contributed by atoms with E-state index < -0.39 is 28.4 Å². The first-order chi connectivity index (χ1) is 8.74. The quantitative estimate of drug-likeness (QED) is 0.474. The zero-order valence-electron chi connectivity index (χ0n) is 10.5. The summed E-state index contributed by atoms with van der Waals surface area (Å²) < 4.78 is 26.0. The molecule has 2 amide bonds. The fourth-order valence-corrected chi connectivity index (χ4v) is 2.77. The minimum atomic E-state index is -3.83. The highest BCUT2D eigenvalue weighted by Gasteiger charge is 2.22. The van der Waals surface area contributed by atoms with Crippen molar-refractivity contribution in [3.63, 3.8) is 0 Å². The number of nitrogens with zero attached hydrogens (tertiary/aromatic N) is 1. The lowest BCUT2D eigenvalue weighted by Crippen LogP contribution is -2.40. The number of hydrogen-bond acceptors (Lipinski definition) is 5. The third-order valence-corrected chi connectivity index (χ3v) is 3.88. The van der Waals surface area contributed by atoms with Gasteiger partial charge in [-0.1, -0.05) is 0 Å². The lowest BCUT2D eigenvalue weighted by molar-refractivity contribution is -0.124. The van der Waals surface area contributed by atoms with Crippen LogP contribution < -0.4 is 15.8 Å². The monoisotopic (exact) mass is 289 g/mol. The van der Waals surface area contributed by atoms with Gasteiger partial charge in [-0.15, -0.1) is 0 Å². The third kappa shape index (κ3) is 4.03. The van der Waals surface area contributed by atoms with Crippen LogP contribution in [-0.4, -0.2) is 43.5 Å². The van der Waals surface area contributed by atoms with Crippen molar-refractivity contribution in [1.29, 1.82) is 0 Å². The molecule has 19 heavy (non-hydrogen) atoms. The van der Waals surface area contributed by atoms with E-state index in [0.717, 1.165) is 0 Å². The highest BCUT2D eigenvalue weighted by Crippen LogP contribution is 2.15. The summed E-state index contributed by atoms with van der Waals surface area (Å²) in [4.78, 5) is 21.7. The Morgan fingerprint density at radius 1 is 1.32 bits per heavy atom. The molecule has 0 aliphatic heterocycles. The number of aromatic amines is 1. The van der Waals surface area contributed by atoms with Gasteiger partial charge < -0.3 is 11.1 Å². The van der Waals surface area contributed by atoms with Crippen LogP contribution in [0.2, 0.25) is 0 Å². The van der Waals surface area contributed by atoms with E-state index in [0.29, 0.717) is 11.4 Å². The second-order valence-electron chi connectivity index (χ2n) is 3.83. The Labute approximate surface area is 110 Å². The van der Waals surface area contributed by atoms with Gasteiger partial charge in [-0.3, -0.25) is 14.7 Å². The summed E-state index contributed by atoms with van der Waals surface area (Å²) in [5, 5.41) is 8.47. The number of aromatic nitrogens is 2. The van der Waals surface area contributed by atoms with E-state index in [-0.39, 0.29) is 11.4 Å². The average Bonchev–Trinajstić information content (AvgIpc) is 2.64. The smallest absolute Gasteiger partial charge is 0.244 e. The molecule has 1 aromatic rings. The van der Waals surface area contributed by atoms with Gasteiger partial charge in [0, 0.05) is 0 Å². The molecule has 0 saturated carbocycles. The first-order valence-electron chi connectivity index (χ1n) is 5.30. The van der Waals surface area contributed by atoms with E-state index in [1.165, 1.54) is 6.92 Å². The summed E-state index contributed by atoms with van der Waals surface area (Å²) in [6.45, 7) is 2.26. The summed E-state index contributed by atoms with van der Waals surface area (Å²) in [6, 6.07) is 0. The van der Waals surface area contributed by atoms with Crippen molar-refractivity contribution in [2.45, 2.75) is 18.7 Å². The molecule has 0 aromatic carbocycles. The molecule has 0 atom stereocenters. The minimum Gasteiger partial charge on any atom is -0.368 e. The molecule has 0 aliphatic rings. The molecule has 0 spiro atoms. The van der Waals surface area contributed by atoms with Crippen LogP contribution in [0.5, 0.6) is 0 Å². The van der Waals surface area contributed by atoms with Gasteiger partial charge in [-0.05, 0) is 13.8 Å². The minimum absolute atomic E-state index is 0.00945. The SMILES string of the molecule is Cc1n[nH]c(C)c1S(=O)(=O)NCC(=O)NCC(N)=O. The molecule has 1 aromatic heterocycles. The van der Waals surface area contributed by atoms with Gasteiger partial charge >= 0.3 is 0 Å². The van der Waals surface area contributed by atoms with Crippen LogP contribution in [-0.2, 0) is 19.6 Å². The highest BCUT2D eigenvalue weighted by atomic mass is 32.2. The van der Waals surface area contributed by atoms with Crippen molar-refractivity contribution < 1.29 is 18.0 Å². The molecule has 0 bridgehead atoms. The maximum atomic E-state index is 11.9. The Bertz CT molecular complexity index is 572. The molecule has 0 fully saturated rings. The number of nitrogens with one attached hydrogen (secondary N) is 3. The number of primary amides is 1. The number of carbonyl (C=O) groups excluding carboxylic acids is 2. The zero-order valence-corrected chi connectivity index (χ0v) is 11.3. The lowest BCUT2D eigenvalue weighted by Gasteiger charge is -2.06. The average molecular weight is 289 g/mol. The van der Waals surface area contributed by atoms with Crippen molar-refractivity contribution in [1.82, 2.24) is 20.2 Å². The van der Waals surface area contributed by atoms with Crippen molar-refractivity contribution >= 4 is 21.8 Å². The predicted molar refractivity (Wildman–Crippen MR) is 65.5 cm³/mol. The lowest BCUT2D eigenvalue weighted by atomic mass is 10.4. The Morgan fingerprint density at radius 3 is 2.42 bits per heavy atom. The largest absolute Gasteiger partial charge is 0.368 e. The Hall–Kier alpha value is -1.94. The molecule has 1 heterocycles. The fourth-order valence-electron chi connectivity index (χ4n) is 1.42. The standard InChI is InChI=1S/C9H15N5O4S/c1-5-9(6(2)14-13-5)19(17,18)12-4-8(16)11-3-7(10)15/h12H,3-4H2,1-2H3,(H2,10,15)(H,11,16)(H,13,14). The molecule has 0 saturated heterocycles. The van der Waals surface area contributed by atoms with Crippen LogP contribution in [0.15, 0.2) is 4.90 Å².